The predicted molar refractivity (Wildman–Crippen MR) is 151 cm³/mol. The molecule has 3 rings (SSSR count). The number of para-hydroxylation sites is 1. The van der Waals surface area contributed by atoms with E-state index in [1.807, 2.05) is 32.0 Å². The maximum absolute atomic E-state index is 13.3. The van der Waals surface area contributed by atoms with Gasteiger partial charge in [0, 0.05) is 23.6 Å². The van der Waals surface area contributed by atoms with Crippen LogP contribution >= 0.6 is 63.7 Å². The summed E-state index contributed by atoms with van der Waals surface area (Å²) in [5, 5.41) is 2.85. The standard InChI is InChI=1S/C25H24Br4N2O5/c1-5-12-8-7-9-13(6-2)21(12)30-14(32)10-36-25(35)22(11(3)4)31-23(33)15-16(24(31)34)18(27)20(29)19(28)17(15)26/h7-9,11,22H,5-6,10H2,1-4H3,(H,30,32)/t22-/m1/s1. The Morgan fingerprint density at radius 3 is 1.78 bits per heavy atom. The summed E-state index contributed by atoms with van der Waals surface area (Å²) in [5.41, 5.74) is 2.96. The zero-order chi connectivity index (χ0) is 26.9. The van der Waals surface area contributed by atoms with Gasteiger partial charge in [-0.1, -0.05) is 45.9 Å². The first-order valence-corrected chi connectivity index (χ1v) is 14.4. The molecule has 0 fully saturated rings. The zero-order valence-electron chi connectivity index (χ0n) is 20.0. The van der Waals surface area contributed by atoms with Crippen LogP contribution in [0, 0.1) is 5.92 Å². The van der Waals surface area contributed by atoms with Crippen molar-refractivity contribution in [3.63, 3.8) is 0 Å². The molecule has 192 valence electrons. The number of carbonyl (C=O) groups excluding carboxylic acids is 4. The van der Waals surface area contributed by atoms with E-state index in [4.69, 9.17) is 4.74 Å². The minimum atomic E-state index is -1.21. The second-order valence-electron chi connectivity index (χ2n) is 8.49. The average molecular weight is 752 g/mol. The minimum absolute atomic E-state index is 0.140. The van der Waals surface area contributed by atoms with Gasteiger partial charge >= 0.3 is 5.97 Å². The third kappa shape index (κ3) is 5.35. The molecule has 7 nitrogen and oxygen atoms in total. The van der Waals surface area contributed by atoms with Crippen LogP contribution in [0.1, 0.15) is 59.5 Å². The molecule has 0 saturated carbocycles. The van der Waals surface area contributed by atoms with Crippen molar-refractivity contribution in [2.75, 3.05) is 11.9 Å². The number of rotatable bonds is 8. The Hall–Kier alpha value is -1.56. The summed E-state index contributed by atoms with van der Waals surface area (Å²) in [4.78, 5) is 53.4. The Labute approximate surface area is 243 Å². The summed E-state index contributed by atoms with van der Waals surface area (Å²) in [6, 6.07) is 4.60. The second-order valence-corrected chi connectivity index (χ2v) is 11.7. The van der Waals surface area contributed by atoms with Crippen molar-refractivity contribution < 1.29 is 23.9 Å². The van der Waals surface area contributed by atoms with Crippen molar-refractivity contribution in [2.45, 2.75) is 46.6 Å². The molecule has 2 aromatic rings. The topological polar surface area (TPSA) is 92.8 Å². The number of esters is 1. The van der Waals surface area contributed by atoms with E-state index in [9.17, 15) is 19.2 Å². The third-order valence-corrected chi connectivity index (χ3v) is 10.7. The molecular formula is C25H24Br4N2O5. The highest BCUT2D eigenvalue weighted by molar-refractivity contribution is 9.15. The van der Waals surface area contributed by atoms with Crippen molar-refractivity contribution in [2.24, 2.45) is 5.92 Å². The number of halogens is 4. The van der Waals surface area contributed by atoms with Crippen LogP contribution in [-0.4, -0.2) is 41.2 Å². The normalized spacial score (nSPS) is 13.8. The molecule has 1 atom stereocenters. The summed E-state index contributed by atoms with van der Waals surface area (Å²) in [5.74, 6) is -3.04. The van der Waals surface area contributed by atoms with E-state index >= 15 is 0 Å². The fourth-order valence-corrected chi connectivity index (χ4v) is 6.55. The molecule has 36 heavy (non-hydrogen) atoms. The maximum atomic E-state index is 13.3. The molecule has 1 aliphatic heterocycles. The number of anilines is 1. The fraction of sp³-hybridized carbons (Fsp3) is 0.360. The van der Waals surface area contributed by atoms with E-state index in [0.29, 0.717) is 17.9 Å². The lowest BCUT2D eigenvalue weighted by Crippen LogP contribution is -2.49. The van der Waals surface area contributed by atoms with E-state index < -0.39 is 42.3 Å². The number of nitrogens with one attached hydrogen (secondary N) is 1. The van der Waals surface area contributed by atoms with Crippen molar-refractivity contribution in [3.8, 4) is 0 Å². The first-order valence-electron chi connectivity index (χ1n) is 11.3. The van der Waals surface area contributed by atoms with Crippen molar-refractivity contribution in [1.82, 2.24) is 4.90 Å². The number of ether oxygens (including phenoxy) is 1. The van der Waals surface area contributed by atoms with Gasteiger partial charge in [0.25, 0.3) is 17.7 Å². The Kier molecular flexibility index (Phi) is 9.57. The van der Waals surface area contributed by atoms with Crippen LogP contribution in [0.3, 0.4) is 0 Å². The van der Waals surface area contributed by atoms with E-state index in [1.165, 1.54) is 0 Å². The largest absolute Gasteiger partial charge is 0.454 e. The Morgan fingerprint density at radius 1 is 0.889 bits per heavy atom. The number of hydrogen-bond donors (Lipinski definition) is 1. The number of benzene rings is 2. The average Bonchev–Trinajstić information content (AvgIpc) is 3.10. The molecule has 2 aromatic carbocycles. The molecule has 0 aromatic heterocycles. The van der Waals surface area contributed by atoms with Crippen molar-refractivity contribution in [3.05, 3.63) is 58.3 Å². The van der Waals surface area contributed by atoms with Gasteiger partial charge in [-0.2, -0.15) is 0 Å². The van der Waals surface area contributed by atoms with Crippen LogP contribution in [-0.2, 0) is 27.2 Å². The molecule has 0 unspecified atom stereocenters. The zero-order valence-corrected chi connectivity index (χ0v) is 26.4. The van der Waals surface area contributed by atoms with E-state index in [2.05, 4.69) is 69.0 Å². The lowest BCUT2D eigenvalue weighted by molar-refractivity contribution is -0.152. The Bertz CT molecular complexity index is 1190. The number of carbonyl (C=O) groups is 4. The van der Waals surface area contributed by atoms with Crippen LogP contribution in [0.15, 0.2) is 36.1 Å². The van der Waals surface area contributed by atoms with Crippen molar-refractivity contribution >= 4 is 93.1 Å². The van der Waals surface area contributed by atoms with Crippen LogP contribution in [0.25, 0.3) is 0 Å². The number of aryl methyl sites for hydroxylation is 2. The first kappa shape index (κ1) is 29.0. The molecule has 1 heterocycles. The van der Waals surface area contributed by atoms with Gasteiger partial charge in [0.05, 0.1) is 11.1 Å². The number of amides is 3. The summed E-state index contributed by atoms with van der Waals surface area (Å²) < 4.78 is 7.21. The molecule has 1 aliphatic rings. The minimum Gasteiger partial charge on any atom is -0.454 e. The lowest BCUT2D eigenvalue weighted by atomic mass is 10.0. The third-order valence-electron chi connectivity index (χ3n) is 5.89. The molecule has 0 aliphatic carbocycles. The summed E-state index contributed by atoms with van der Waals surface area (Å²) in [6.07, 6.45) is 1.46. The summed E-state index contributed by atoms with van der Waals surface area (Å²) in [7, 11) is 0. The van der Waals surface area contributed by atoms with Gasteiger partial charge in [0.2, 0.25) is 0 Å². The predicted octanol–water partition coefficient (Wildman–Crippen LogP) is 6.66. The monoisotopic (exact) mass is 748 g/mol. The van der Waals surface area contributed by atoms with Crippen molar-refractivity contribution in [1.29, 1.82) is 0 Å². The first-order chi connectivity index (χ1) is 17.0. The van der Waals surface area contributed by atoms with E-state index in [-0.39, 0.29) is 11.1 Å². The number of nitrogens with zero attached hydrogens (tertiary/aromatic N) is 1. The van der Waals surface area contributed by atoms with Gasteiger partial charge < -0.3 is 10.1 Å². The van der Waals surface area contributed by atoms with E-state index in [1.54, 1.807) is 13.8 Å². The SMILES string of the molecule is CCc1cccc(CC)c1NC(=O)COC(=O)[C@@H](C(C)C)N1C(=O)c2c(Br)c(Br)c(Br)c(Br)c2C1=O. The van der Waals surface area contributed by atoms with Gasteiger partial charge in [-0.3, -0.25) is 19.3 Å². The second kappa shape index (κ2) is 11.9. The lowest BCUT2D eigenvalue weighted by Gasteiger charge is -2.27. The number of imide groups is 1. The quantitative estimate of drug-likeness (QED) is 0.141. The summed E-state index contributed by atoms with van der Waals surface area (Å²) >= 11 is 13.5. The Balaban J connectivity index is 1.82. The van der Waals surface area contributed by atoms with Gasteiger partial charge in [-0.15, -0.1) is 0 Å². The molecule has 0 bridgehead atoms. The molecule has 3 amide bonds. The molecule has 11 heteroatoms. The van der Waals surface area contributed by atoms with Gasteiger partial charge in [-0.05, 0) is 93.6 Å². The highest BCUT2D eigenvalue weighted by Gasteiger charge is 2.48. The molecule has 0 saturated heterocycles. The molecular weight excluding hydrogens is 728 g/mol. The van der Waals surface area contributed by atoms with Crippen LogP contribution in [0.2, 0.25) is 0 Å². The number of fused-ring (bicyclic) bond motifs is 1. The smallest absolute Gasteiger partial charge is 0.330 e. The van der Waals surface area contributed by atoms with Gasteiger partial charge in [-0.25, -0.2) is 4.79 Å². The highest BCUT2D eigenvalue weighted by atomic mass is 79.9. The fourth-order valence-electron chi connectivity index (χ4n) is 4.10. The molecule has 1 N–H and O–H groups in total. The maximum Gasteiger partial charge on any atom is 0.330 e. The van der Waals surface area contributed by atoms with Crippen LogP contribution in [0.5, 0.6) is 0 Å². The molecule has 0 radical (unpaired) electrons. The van der Waals surface area contributed by atoms with Gasteiger partial charge in [0.15, 0.2) is 6.61 Å². The van der Waals surface area contributed by atoms with Crippen LogP contribution in [0.4, 0.5) is 5.69 Å². The Morgan fingerprint density at radius 2 is 1.36 bits per heavy atom. The highest BCUT2D eigenvalue weighted by Crippen LogP contribution is 2.46. The van der Waals surface area contributed by atoms with E-state index in [0.717, 1.165) is 34.6 Å². The van der Waals surface area contributed by atoms with Gasteiger partial charge in [0.1, 0.15) is 6.04 Å². The molecule has 0 spiro atoms. The summed E-state index contributed by atoms with van der Waals surface area (Å²) in [6.45, 7) is 6.85. The van der Waals surface area contributed by atoms with Crippen LogP contribution < -0.4 is 5.32 Å². The number of hydrogen-bond acceptors (Lipinski definition) is 5.